The molecule has 25 heavy (non-hydrogen) atoms. The summed E-state index contributed by atoms with van der Waals surface area (Å²) in [5, 5.41) is 8.78. The van der Waals surface area contributed by atoms with Crippen LogP contribution in [0.4, 0.5) is 0 Å². The summed E-state index contributed by atoms with van der Waals surface area (Å²) in [4.78, 5) is 28.4. The molecule has 128 valence electrons. The van der Waals surface area contributed by atoms with Crippen molar-refractivity contribution in [3.8, 4) is 0 Å². The molecular weight excluding hydrogens is 336 g/mol. The topological polar surface area (TPSA) is 76.9 Å². The number of carbonyl (C=O) groups excluding carboxylic acids is 2. The Hall–Kier alpha value is -2.80. The van der Waals surface area contributed by atoms with Crippen LogP contribution in [-0.2, 0) is 17.9 Å². The van der Waals surface area contributed by atoms with Gasteiger partial charge in [0.05, 0.1) is 11.4 Å². The van der Waals surface area contributed by atoms with Gasteiger partial charge in [-0.3, -0.25) is 9.59 Å². The molecule has 0 fully saturated rings. The van der Waals surface area contributed by atoms with Gasteiger partial charge in [0.25, 0.3) is 0 Å². The third kappa shape index (κ3) is 5.09. The van der Waals surface area contributed by atoms with Crippen LogP contribution < -0.4 is 5.32 Å². The maximum atomic E-state index is 11.9. The molecule has 1 aromatic carbocycles. The van der Waals surface area contributed by atoms with Gasteiger partial charge in [0.1, 0.15) is 12.7 Å². The molecule has 0 aliphatic heterocycles. The maximum Gasteiger partial charge on any atom is 0.220 e. The minimum absolute atomic E-state index is 0.0163. The first-order chi connectivity index (χ1) is 12.2. The second-order valence-corrected chi connectivity index (χ2v) is 6.53. The second-order valence-electron chi connectivity index (χ2n) is 5.59. The quantitative estimate of drug-likeness (QED) is 0.631. The van der Waals surface area contributed by atoms with E-state index in [0.29, 0.717) is 18.0 Å². The normalized spacial score (nSPS) is 10.6. The highest BCUT2D eigenvalue weighted by Gasteiger charge is 2.10. The number of nitrogens with one attached hydrogen (secondary N) is 1. The van der Waals surface area contributed by atoms with Gasteiger partial charge in [-0.25, -0.2) is 9.67 Å². The number of ketones is 1. The van der Waals surface area contributed by atoms with Gasteiger partial charge in [-0.2, -0.15) is 5.10 Å². The van der Waals surface area contributed by atoms with Crippen molar-refractivity contribution in [2.24, 2.45) is 0 Å². The van der Waals surface area contributed by atoms with Crippen molar-refractivity contribution in [3.05, 3.63) is 70.4 Å². The minimum atomic E-state index is -0.114. The van der Waals surface area contributed by atoms with Crippen molar-refractivity contribution in [2.75, 3.05) is 0 Å². The average molecular weight is 354 g/mol. The monoisotopic (exact) mass is 354 g/mol. The molecular formula is C18H18N4O2S. The number of Topliss-reactive ketones (excluding diaryl/α,β-unsaturated/α-hetero) is 1. The van der Waals surface area contributed by atoms with Crippen LogP contribution in [0.3, 0.4) is 0 Å². The van der Waals surface area contributed by atoms with Crippen molar-refractivity contribution < 1.29 is 9.59 Å². The number of rotatable bonds is 8. The molecule has 0 aliphatic rings. The largest absolute Gasteiger partial charge is 0.352 e. The Kier molecular flexibility index (Phi) is 5.69. The van der Waals surface area contributed by atoms with E-state index in [2.05, 4.69) is 15.4 Å². The molecule has 6 nitrogen and oxygen atoms in total. The van der Waals surface area contributed by atoms with Gasteiger partial charge in [0.2, 0.25) is 5.91 Å². The van der Waals surface area contributed by atoms with E-state index in [4.69, 9.17) is 0 Å². The summed E-state index contributed by atoms with van der Waals surface area (Å²) in [5.41, 5.74) is 2.13. The van der Waals surface area contributed by atoms with Crippen molar-refractivity contribution >= 4 is 23.0 Å². The molecule has 3 aromatic rings. The van der Waals surface area contributed by atoms with Crippen LogP contribution in [-0.4, -0.2) is 26.5 Å². The molecule has 0 saturated carbocycles. The first-order valence-corrected chi connectivity index (χ1v) is 8.82. The molecule has 0 aliphatic carbocycles. The summed E-state index contributed by atoms with van der Waals surface area (Å²) in [6, 6.07) is 11.6. The predicted molar refractivity (Wildman–Crippen MR) is 95.3 cm³/mol. The Morgan fingerprint density at radius 3 is 2.56 bits per heavy atom. The van der Waals surface area contributed by atoms with Crippen molar-refractivity contribution in [2.45, 2.75) is 25.9 Å². The lowest BCUT2D eigenvalue weighted by atomic mass is 10.1. The lowest BCUT2D eigenvalue weighted by molar-refractivity contribution is -0.121. The van der Waals surface area contributed by atoms with Crippen molar-refractivity contribution in [3.63, 3.8) is 0 Å². The first kappa shape index (κ1) is 17.0. The maximum absolute atomic E-state index is 11.9. The van der Waals surface area contributed by atoms with Crippen molar-refractivity contribution in [1.29, 1.82) is 0 Å². The van der Waals surface area contributed by atoms with E-state index in [1.807, 2.05) is 35.7 Å². The van der Waals surface area contributed by atoms with Gasteiger partial charge in [-0.05, 0) is 22.6 Å². The number of benzene rings is 1. The van der Waals surface area contributed by atoms with Crippen LogP contribution in [0, 0.1) is 0 Å². The van der Waals surface area contributed by atoms with Gasteiger partial charge in [-0.1, -0.05) is 30.3 Å². The fraction of sp³-hybridized carbons (Fsp3) is 0.222. The van der Waals surface area contributed by atoms with Crippen LogP contribution >= 0.6 is 11.3 Å². The molecule has 1 amide bonds. The predicted octanol–water partition coefficient (Wildman–Crippen LogP) is 2.67. The Balaban J connectivity index is 1.42. The van der Waals surface area contributed by atoms with Gasteiger partial charge in [-0.15, -0.1) is 11.3 Å². The zero-order chi connectivity index (χ0) is 17.5. The summed E-state index contributed by atoms with van der Waals surface area (Å²) in [6.07, 6.45) is 3.63. The molecule has 0 radical (unpaired) electrons. The molecule has 0 unspecified atom stereocenters. The number of amides is 1. The van der Waals surface area contributed by atoms with Crippen LogP contribution in [0.15, 0.2) is 54.4 Å². The highest BCUT2D eigenvalue weighted by molar-refractivity contribution is 7.12. The number of hydrogen-bond donors (Lipinski definition) is 1. The highest BCUT2D eigenvalue weighted by atomic mass is 32.1. The van der Waals surface area contributed by atoms with E-state index in [1.54, 1.807) is 17.1 Å². The lowest BCUT2D eigenvalue weighted by Gasteiger charge is -2.06. The second kappa shape index (κ2) is 8.34. The summed E-state index contributed by atoms with van der Waals surface area (Å²) >= 11 is 1.40. The van der Waals surface area contributed by atoms with Gasteiger partial charge in [0, 0.05) is 19.4 Å². The third-order valence-corrected chi connectivity index (χ3v) is 4.61. The van der Waals surface area contributed by atoms with E-state index in [9.17, 15) is 9.59 Å². The van der Waals surface area contributed by atoms with Crippen molar-refractivity contribution in [1.82, 2.24) is 20.1 Å². The zero-order valence-electron chi connectivity index (χ0n) is 13.6. The summed E-state index contributed by atoms with van der Waals surface area (Å²) in [7, 11) is 0. The van der Waals surface area contributed by atoms with Crippen LogP contribution in [0.2, 0.25) is 0 Å². The van der Waals surface area contributed by atoms with Crippen LogP contribution in [0.5, 0.6) is 0 Å². The van der Waals surface area contributed by atoms with E-state index in [0.717, 1.165) is 11.1 Å². The Bertz CT molecular complexity index is 811. The van der Waals surface area contributed by atoms with E-state index in [-0.39, 0.29) is 24.5 Å². The zero-order valence-corrected chi connectivity index (χ0v) is 14.4. The molecule has 0 bridgehead atoms. The Morgan fingerprint density at radius 2 is 1.88 bits per heavy atom. The fourth-order valence-electron chi connectivity index (χ4n) is 2.34. The number of aromatic nitrogens is 3. The van der Waals surface area contributed by atoms with E-state index < -0.39 is 0 Å². The average Bonchev–Trinajstić information content (AvgIpc) is 3.33. The van der Waals surface area contributed by atoms with Gasteiger partial charge in [0.15, 0.2) is 5.78 Å². The molecule has 3 rings (SSSR count). The molecule has 7 heteroatoms. The number of thiophene rings is 1. The molecule has 2 heterocycles. The highest BCUT2D eigenvalue weighted by Crippen LogP contribution is 2.12. The first-order valence-electron chi connectivity index (χ1n) is 7.94. The molecule has 0 spiro atoms. The molecule has 0 saturated heterocycles. The lowest BCUT2D eigenvalue weighted by Crippen LogP contribution is -2.23. The summed E-state index contributed by atoms with van der Waals surface area (Å²) in [6.45, 7) is 1.12. The fourth-order valence-corrected chi connectivity index (χ4v) is 3.03. The standard InChI is InChI=1S/C18H18N4O2S/c23-16(17-2-1-9-25-17)7-8-18(24)20-10-14-3-5-15(6-4-14)11-22-13-19-12-21-22/h1-6,9,12-13H,7-8,10-11H2,(H,20,24). The number of carbonyl (C=O) groups is 2. The van der Waals surface area contributed by atoms with Gasteiger partial charge >= 0.3 is 0 Å². The number of hydrogen-bond acceptors (Lipinski definition) is 5. The summed E-state index contributed by atoms with van der Waals surface area (Å²) in [5.74, 6) is -0.0980. The molecule has 2 aromatic heterocycles. The Labute approximate surface area is 149 Å². The van der Waals surface area contributed by atoms with E-state index >= 15 is 0 Å². The smallest absolute Gasteiger partial charge is 0.220 e. The third-order valence-electron chi connectivity index (χ3n) is 3.70. The van der Waals surface area contributed by atoms with Gasteiger partial charge < -0.3 is 5.32 Å². The Morgan fingerprint density at radius 1 is 1.08 bits per heavy atom. The number of nitrogens with zero attached hydrogens (tertiary/aromatic N) is 3. The molecule has 1 N–H and O–H groups in total. The van der Waals surface area contributed by atoms with Crippen LogP contribution in [0.1, 0.15) is 33.6 Å². The molecule has 0 atom stereocenters. The SMILES string of the molecule is O=C(CCC(=O)c1cccs1)NCc1ccc(Cn2cncn2)cc1. The van der Waals surface area contributed by atoms with E-state index in [1.165, 1.54) is 17.7 Å². The minimum Gasteiger partial charge on any atom is -0.352 e. The van der Waals surface area contributed by atoms with Crippen LogP contribution in [0.25, 0.3) is 0 Å². The summed E-state index contributed by atoms with van der Waals surface area (Å²) < 4.78 is 1.75.